The van der Waals surface area contributed by atoms with Crippen LogP contribution in [0.25, 0.3) is 0 Å². The Morgan fingerprint density at radius 1 is 1.08 bits per heavy atom. The zero-order chi connectivity index (χ0) is 17.5. The van der Waals surface area contributed by atoms with Crippen molar-refractivity contribution in [3.8, 4) is 0 Å². The molecule has 0 radical (unpaired) electrons. The molecule has 0 aliphatic carbocycles. The third kappa shape index (κ3) is 5.05. The number of ether oxygens (including phenoxy) is 1. The lowest BCUT2D eigenvalue weighted by Crippen LogP contribution is -2.47. The molecule has 1 atom stereocenters. The van der Waals surface area contributed by atoms with E-state index in [1.807, 2.05) is 23.1 Å². The quantitative estimate of drug-likeness (QED) is 0.890. The number of carbonyl (C=O) groups is 2. The summed E-state index contributed by atoms with van der Waals surface area (Å²) in [5.41, 5.74) is 1.23. The summed E-state index contributed by atoms with van der Waals surface area (Å²) in [5.74, 6) is 0.256. The smallest absolute Gasteiger partial charge is 0.251 e. The van der Waals surface area contributed by atoms with E-state index in [4.69, 9.17) is 4.74 Å². The number of likely N-dealkylation sites (tertiary alicyclic amines) is 1. The van der Waals surface area contributed by atoms with Gasteiger partial charge in [-0.25, -0.2) is 0 Å². The lowest BCUT2D eigenvalue weighted by atomic mass is 9.95. The van der Waals surface area contributed by atoms with E-state index in [0.717, 1.165) is 38.5 Å². The van der Waals surface area contributed by atoms with Crippen molar-refractivity contribution in [3.05, 3.63) is 35.9 Å². The summed E-state index contributed by atoms with van der Waals surface area (Å²) in [6, 6.07) is 10.2. The average Bonchev–Trinajstić information content (AvgIpc) is 2.69. The van der Waals surface area contributed by atoms with Gasteiger partial charge in [0, 0.05) is 32.2 Å². The number of carbonyl (C=O) groups excluding carboxylic acids is 2. The monoisotopic (exact) mass is 344 g/mol. The second-order valence-electron chi connectivity index (χ2n) is 6.98. The Labute approximate surface area is 149 Å². The van der Waals surface area contributed by atoms with E-state index in [1.165, 1.54) is 5.56 Å². The van der Waals surface area contributed by atoms with Crippen molar-refractivity contribution >= 4 is 11.8 Å². The molecule has 25 heavy (non-hydrogen) atoms. The highest BCUT2D eigenvalue weighted by molar-refractivity contribution is 5.82. The largest absolute Gasteiger partial charge is 0.368 e. The lowest BCUT2D eigenvalue weighted by molar-refractivity contribution is -0.149. The molecule has 5 heteroatoms. The standard InChI is InChI=1S/C20H28N2O3/c23-19(21-12-9-16-6-2-1-3-7-16)17-10-13-22(14-11-17)20(24)18-8-4-5-15-25-18/h1-3,6-7,17-18H,4-5,8-15H2,(H,21,23). The Bertz CT molecular complexity index is 562. The van der Waals surface area contributed by atoms with Crippen LogP contribution in [0.2, 0.25) is 0 Å². The molecule has 5 nitrogen and oxygen atoms in total. The van der Waals surface area contributed by atoms with Gasteiger partial charge in [-0.1, -0.05) is 30.3 Å². The third-order valence-electron chi connectivity index (χ3n) is 5.19. The highest BCUT2D eigenvalue weighted by atomic mass is 16.5. The molecule has 1 aromatic carbocycles. The summed E-state index contributed by atoms with van der Waals surface area (Å²) in [4.78, 5) is 26.7. The van der Waals surface area contributed by atoms with E-state index in [-0.39, 0.29) is 23.8 Å². The molecule has 2 heterocycles. The van der Waals surface area contributed by atoms with Crippen molar-refractivity contribution < 1.29 is 14.3 Å². The number of amides is 2. The second kappa shape index (κ2) is 8.99. The van der Waals surface area contributed by atoms with Crippen molar-refractivity contribution in [2.24, 2.45) is 5.92 Å². The van der Waals surface area contributed by atoms with Gasteiger partial charge >= 0.3 is 0 Å². The fourth-order valence-corrected chi connectivity index (χ4v) is 3.62. The van der Waals surface area contributed by atoms with Crippen LogP contribution in [-0.2, 0) is 20.7 Å². The van der Waals surface area contributed by atoms with Crippen molar-refractivity contribution in [3.63, 3.8) is 0 Å². The summed E-state index contributed by atoms with van der Waals surface area (Å²) in [7, 11) is 0. The molecule has 0 spiro atoms. The molecule has 1 aromatic rings. The molecule has 0 saturated carbocycles. The van der Waals surface area contributed by atoms with E-state index < -0.39 is 0 Å². The van der Waals surface area contributed by atoms with Crippen LogP contribution in [0.4, 0.5) is 0 Å². The first-order valence-electron chi connectivity index (χ1n) is 9.46. The van der Waals surface area contributed by atoms with Crippen LogP contribution in [0.15, 0.2) is 30.3 Å². The SMILES string of the molecule is O=C(NCCc1ccccc1)C1CCN(C(=O)C2CCCCO2)CC1. The maximum Gasteiger partial charge on any atom is 0.251 e. The molecular weight excluding hydrogens is 316 g/mol. The first kappa shape index (κ1) is 17.9. The number of rotatable bonds is 5. The predicted octanol–water partition coefficient (Wildman–Crippen LogP) is 2.15. The van der Waals surface area contributed by atoms with Crippen LogP contribution < -0.4 is 5.32 Å². The third-order valence-corrected chi connectivity index (χ3v) is 5.19. The summed E-state index contributed by atoms with van der Waals surface area (Å²) >= 11 is 0. The van der Waals surface area contributed by atoms with E-state index >= 15 is 0 Å². The van der Waals surface area contributed by atoms with E-state index in [9.17, 15) is 9.59 Å². The molecule has 0 aromatic heterocycles. The molecule has 1 unspecified atom stereocenters. The van der Waals surface area contributed by atoms with Crippen LogP contribution in [0.1, 0.15) is 37.7 Å². The van der Waals surface area contributed by atoms with Crippen LogP contribution >= 0.6 is 0 Å². The second-order valence-corrected chi connectivity index (χ2v) is 6.98. The molecule has 2 amide bonds. The molecule has 2 fully saturated rings. The minimum Gasteiger partial charge on any atom is -0.368 e. The van der Waals surface area contributed by atoms with Gasteiger partial charge in [0.1, 0.15) is 6.10 Å². The number of nitrogens with one attached hydrogen (secondary N) is 1. The van der Waals surface area contributed by atoms with E-state index in [2.05, 4.69) is 17.4 Å². The topological polar surface area (TPSA) is 58.6 Å². The fraction of sp³-hybridized carbons (Fsp3) is 0.600. The molecular formula is C20H28N2O3. The van der Waals surface area contributed by atoms with Crippen LogP contribution in [0, 0.1) is 5.92 Å². The van der Waals surface area contributed by atoms with Crippen molar-refractivity contribution in [2.45, 2.75) is 44.6 Å². The summed E-state index contributed by atoms with van der Waals surface area (Å²) in [6.07, 6.45) is 5.03. The number of hydrogen-bond acceptors (Lipinski definition) is 3. The van der Waals surface area contributed by atoms with Crippen LogP contribution in [0.3, 0.4) is 0 Å². The highest BCUT2D eigenvalue weighted by Crippen LogP contribution is 2.21. The van der Waals surface area contributed by atoms with Crippen LogP contribution in [0.5, 0.6) is 0 Å². The molecule has 1 N–H and O–H groups in total. The Morgan fingerprint density at radius 3 is 2.52 bits per heavy atom. The lowest BCUT2D eigenvalue weighted by Gasteiger charge is -2.34. The average molecular weight is 344 g/mol. The van der Waals surface area contributed by atoms with Gasteiger partial charge in [0.2, 0.25) is 5.91 Å². The number of nitrogens with zero attached hydrogens (tertiary/aromatic N) is 1. The predicted molar refractivity (Wildman–Crippen MR) is 96.1 cm³/mol. The van der Waals surface area contributed by atoms with Gasteiger partial charge in [0.25, 0.3) is 5.91 Å². The summed E-state index contributed by atoms with van der Waals surface area (Å²) in [6.45, 7) is 2.68. The first-order chi connectivity index (χ1) is 12.2. The van der Waals surface area contributed by atoms with Crippen molar-refractivity contribution in [1.82, 2.24) is 10.2 Å². The van der Waals surface area contributed by atoms with E-state index in [0.29, 0.717) is 26.2 Å². The number of benzene rings is 1. The van der Waals surface area contributed by atoms with Gasteiger partial charge < -0.3 is 15.0 Å². The maximum absolute atomic E-state index is 12.5. The first-order valence-corrected chi connectivity index (χ1v) is 9.46. The molecule has 2 aliphatic rings. The van der Waals surface area contributed by atoms with E-state index in [1.54, 1.807) is 0 Å². The van der Waals surface area contributed by atoms with Gasteiger partial charge in [-0.05, 0) is 44.1 Å². The van der Waals surface area contributed by atoms with Gasteiger partial charge in [-0.15, -0.1) is 0 Å². The summed E-state index contributed by atoms with van der Waals surface area (Å²) in [5, 5.41) is 3.04. The fourth-order valence-electron chi connectivity index (χ4n) is 3.62. The number of hydrogen-bond donors (Lipinski definition) is 1. The molecule has 3 rings (SSSR count). The molecule has 136 valence electrons. The zero-order valence-electron chi connectivity index (χ0n) is 14.8. The molecule has 2 saturated heterocycles. The Hall–Kier alpha value is -1.88. The Kier molecular flexibility index (Phi) is 6.45. The highest BCUT2D eigenvalue weighted by Gasteiger charge is 2.31. The van der Waals surface area contributed by atoms with Gasteiger partial charge in [-0.3, -0.25) is 9.59 Å². The van der Waals surface area contributed by atoms with Crippen molar-refractivity contribution in [1.29, 1.82) is 0 Å². The Balaban J connectivity index is 1.37. The van der Waals surface area contributed by atoms with Crippen molar-refractivity contribution in [2.75, 3.05) is 26.2 Å². The van der Waals surface area contributed by atoms with Crippen LogP contribution in [-0.4, -0.2) is 49.1 Å². The summed E-state index contributed by atoms with van der Waals surface area (Å²) < 4.78 is 5.59. The van der Waals surface area contributed by atoms with Gasteiger partial charge in [0.15, 0.2) is 0 Å². The minimum atomic E-state index is -0.259. The Morgan fingerprint density at radius 2 is 1.84 bits per heavy atom. The minimum absolute atomic E-state index is 0.0205. The number of piperidine rings is 1. The van der Waals surface area contributed by atoms with Gasteiger partial charge in [-0.2, -0.15) is 0 Å². The van der Waals surface area contributed by atoms with Gasteiger partial charge in [0.05, 0.1) is 0 Å². The zero-order valence-corrected chi connectivity index (χ0v) is 14.8. The molecule has 2 aliphatic heterocycles. The molecule has 0 bridgehead atoms. The normalized spacial score (nSPS) is 21.8. The maximum atomic E-state index is 12.5.